The van der Waals surface area contributed by atoms with E-state index in [-0.39, 0.29) is 11.6 Å². The standard InChI is InChI=1S/C23H20N4O2/c28-23(26-14-20-12-7-13-29-20)21-15-25-22(16-24-21)27(19-10-5-2-6-11-19)17-18-8-3-1-4-9-18/h1-13,15-16H,14,17H2,(H,26,28). The molecule has 2 aromatic heterocycles. The number of carbonyl (C=O) groups excluding carboxylic acids is 1. The summed E-state index contributed by atoms with van der Waals surface area (Å²) in [4.78, 5) is 23.2. The highest BCUT2D eigenvalue weighted by atomic mass is 16.3. The van der Waals surface area contributed by atoms with Crippen LogP contribution >= 0.6 is 0 Å². The third-order valence-corrected chi connectivity index (χ3v) is 4.40. The van der Waals surface area contributed by atoms with Gasteiger partial charge in [-0.1, -0.05) is 48.5 Å². The fourth-order valence-electron chi connectivity index (χ4n) is 2.93. The lowest BCUT2D eigenvalue weighted by Gasteiger charge is -2.23. The van der Waals surface area contributed by atoms with Crippen molar-refractivity contribution in [1.29, 1.82) is 0 Å². The van der Waals surface area contributed by atoms with Crippen LogP contribution in [0.4, 0.5) is 11.5 Å². The van der Waals surface area contributed by atoms with Crippen LogP contribution in [0.25, 0.3) is 0 Å². The normalized spacial score (nSPS) is 10.5. The Morgan fingerprint density at radius 2 is 1.66 bits per heavy atom. The molecule has 0 saturated carbocycles. The zero-order valence-corrected chi connectivity index (χ0v) is 15.7. The van der Waals surface area contributed by atoms with Crippen LogP contribution < -0.4 is 10.2 Å². The maximum atomic E-state index is 12.3. The number of hydrogen-bond acceptors (Lipinski definition) is 5. The van der Waals surface area contributed by atoms with Crippen molar-refractivity contribution < 1.29 is 9.21 Å². The van der Waals surface area contributed by atoms with Gasteiger partial charge < -0.3 is 14.6 Å². The Morgan fingerprint density at radius 3 is 2.31 bits per heavy atom. The molecule has 0 saturated heterocycles. The van der Waals surface area contributed by atoms with Crippen molar-refractivity contribution >= 4 is 17.4 Å². The number of furan rings is 1. The number of anilines is 2. The van der Waals surface area contributed by atoms with Gasteiger partial charge in [-0.3, -0.25) is 4.79 Å². The molecule has 0 radical (unpaired) electrons. The van der Waals surface area contributed by atoms with E-state index in [4.69, 9.17) is 4.42 Å². The van der Waals surface area contributed by atoms with Crippen LogP contribution in [0.3, 0.4) is 0 Å². The van der Waals surface area contributed by atoms with Gasteiger partial charge in [-0.15, -0.1) is 0 Å². The summed E-state index contributed by atoms with van der Waals surface area (Å²) in [5.74, 6) is 1.05. The van der Waals surface area contributed by atoms with Crippen molar-refractivity contribution in [3.63, 3.8) is 0 Å². The Hall–Kier alpha value is -3.93. The molecule has 0 aliphatic rings. The van der Waals surface area contributed by atoms with Gasteiger partial charge in [0.15, 0.2) is 5.82 Å². The van der Waals surface area contributed by atoms with E-state index in [9.17, 15) is 4.79 Å². The molecule has 0 unspecified atom stereocenters. The molecular formula is C23H20N4O2. The molecule has 2 aromatic carbocycles. The minimum absolute atomic E-state index is 0.257. The van der Waals surface area contributed by atoms with Gasteiger partial charge in [-0.25, -0.2) is 9.97 Å². The van der Waals surface area contributed by atoms with Gasteiger partial charge in [0, 0.05) is 12.2 Å². The van der Waals surface area contributed by atoms with Crippen LogP contribution in [0, 0.1) is 0 Å². The smallest absolute Gasteiger partial charge is 0.271 e. The van der Waals surface area contributed by atoms with Gasteiger partial charge in [0.05, 0.1) is 25.2 Å². The third kappa shape index (κ3) is 4.68. The highest BCUT2D eigenvalue weighted by molar-refractivity contribution is 5.92. The predicted octanol–water partition coefficient (Wildman–Crippen LogP) is 4.34. The van der Waals surface area contributed by atoms with E-state index in [1.54, 1.807) is 24.6 Å². The molecule has 144 valence electrons. The van der Waals surface area contributed by atoms with Crippen LogP contribution in [0.1, 0.15) is 21.8 Å². The van der Waals surface area contributed by atoms with Gasteiger partial charge in [0.25, 0.3) is 5.91 Å². The molecule has 0 spiro atoms. The average Bonchev–Trinajstić information content (AvgIpc) is 3.31. The van der Waals surface area contributed by atoms with Crippen LogP contribution in [0.2, 0.25) is 0 Å². The first-order valence-corrected chi connectivity index (χ1v) is 9.29. The number of carbonyl (C=O) groups is 1. The number of hydrogen-bond donors (Lipinski definition) is 1. The van der Waals surface area contributed by atoms with Gasteiger partial charge in [0.1, 0.15) is 11.5 Å². The maximum Gasteiger partial charge on any atom is 0.271 e. The van der Waals surface area contributed by atoms with Crippen molar-refractivity contribution in [3.05, 3.63) is 108 Å². The lowest BCUT2D eigenvalue weighted by molar-refractivity contribution is 0.0942. The molecule has 0 bridgehead atoms. The molecule has 0 atom stereocenters. The fraction of sp³-hybridized carbons (Fsp3) is 0.0870. The summed E-state index contributed by atoms with van der Waals surface area (Å²) in [7, 11) is 0. The highest BCUT2D eigenvalue weighted by Crippen LogP contribution is 2.25. The summed E-state index contributed by atoms with van der Waals surface area (Å²) in [6.07, 6.45) is 4.69. The second-order valence-corrected chi connectivity index (χ2v) is 6.43. The number of nitrogens with zero attached hydrogens (tertiary/aromatic N) is 3. The van der Waals surface area contributed by atoms with Crippen LogP contribution in [0.5, 0.6) is 0 Å². The molecule has 2 heterocycles. The maximum absolute atomic E-state index is 12.3. The van der Waals surface area contributed by atoms with E-state index in [1.165, 1.54) is 6.20 Å². The molecule has 0 aliphatic carbocycles. The molecule has 1 N–H and O–H groups in total. The second kappa shape index (κ2) is 8.84. The van der Waals surface area contributed by atoms with Crippen molar-refractivity contribution in [2.75, 3.05) is 4.90 Å². The lowest BCUT2D eigenvalue weighted by atomic mass is 10.2. The van der Waals surface area contributed by atoms with E-state index < -0.39 is 0 Å². The van der Waals surface area contributed by atoms with E-state index in [2.05, 4.69) is 32.3 Å². The topological polar surface area (TPSA) is 71.3 Å². The summed E-state index contributed by atoms with van der Waals surface area (Å²) in [6.45, 7) is 0.947. The van der Waals surface area contributed by atoms with E-state index in [0.717, 1.165) is 11.3 Å². The molecule has 4 aromatic rings. The Balaban J connectivity index is 1.52. The Bertz CT molecular complexity index is 1030. The number of benzene rings is 2. The minimum atomic E-state index is -0.297. The van der Waals surface area contributed by atoms with Crippen molar-refractivity contribution in [3.8, 4) is 0 Å². The third-order valence-electron chi connectivity index (χ3n) is 4.40. The summed E-state index contributed by atoms with van der Waals surface area (Å²) in [6, 6.07) is 23.7. The number of rotatable bonds is 7. The Kier molecular flexibility index (Phi) is 5.62. The van der Waals surface area contributed by atoms with Gasteiger partial charge in [0.2, 0.25) is 0 Å². The lowest BCUT2D eigenvalue weighted by Crippen LogP contribution is -2.24. The first-order valence-electron chi connectivity index (χ1n) is 9.29. The monoisotopic (exact) mass is 384 g/mol. The molecule has 4 rings (SSSR count). The number of amides is 1. The summed E-state index contributed by atoms with van der Waals surface area (Å²) in [5.41, 5.74) is 2.41. The molecule has 6 heteroatoms. The zero-order chi connectivity index (χ0) is 19.9. The molecule has 0 aliphatic heterocycles. The van der Waals surface area contributed by atoms with Crippen molar-refractivity contribution in [2.24, 2.45) is 0 Å². The van der Waals surface area contributed by atoms with Gasteiger partial charge in [-0.05, 0) is 29.8 Å². The van der Waals surface area contributed by atoms with E-state index >= 15 is 0 Å². The zero-order valence-electron chi connectivity index (χ0n) is 15.7. The molecule has 6 nitrogen and oxygen atoms in total. The minimum Gasteiger partial charge on any atom is -0.467 e. The van der Waals surface area contributed by atoms with Crippen molar-refractivity contribution in [2.45, 2.75) is 13.1 Å². The predicted molar refractivity (Wildman–Crippen MR) is 111 cm³/mol. The summed E-state index contributed by atoms with van der Waals surface area (Å²) in [5, 5.41) is 2.77. The van der Waals surface area contributed by atoms with Crippen molar-refractivity contribution in [1.82, 2.24) is 15.3 Å². The number of nitrogens with one attached hydrogen (secondary N) is 1. The molecule has 1 amide bonds. The van der Waals surface area contributed by atoms with Crippen LogP contribution in [-0.4, -0.2) is 15.9 Å². The van der Waals surface area contributed by atoms with Crippen LogP contribution in [-0.2, 0) is 13.1 Å². The largest absolute Gasteiger partial charge is 0.467 e. The summed E-state index contributed by atoms with van der Waals surface area (Å²) < 4.78 is 5.22. The average molecular weight is 384 g/mol. The van der Waals surface area contributed by atoms with E-state index in [0.29, 0.717) is 24.7 Å². The van der Waals surface area contributed by atoms with Gasteiger partial charge in [-0.2, -0.15) is 0 Å². The fourth-order valence-corrected chi connectivity index (χ4v) is 2.93. The van der Waals surface area contributed by atoms with E-state index in [1.807, 2.05) is 48.5 Å². The van der Waals surface area contributed by atoms with Crippen LogP contribution in [0.15, 0.2) is 95.9 Å². The van der Waals surface area contributed by atoms with Gasteiger partial charge >= 0.3 is 0 Å². The molecular weight excluding hydrogens is 364 g/mol. The molecule has 29 heavy (non-hydrogen) atoms. The highest BCUT2D eigenvalue weighted by Gasteiger charge is 2.14. The first-order chi connectivity index (χ1) is 14.3. The SMILES string of the molecule is O=C(NCc1ccco1)c1cnc(N(Cc2ccccc2)c2ccccc2)cn1. The second-order valence-electron chi connectivity index (χ2n) is 6.43. The number of aromatic nitrogens is 2. The number of para-hydroxylation sites is 1. The Morgan fingerprint density at radius 1 is 0.897 bits per heavy atom. The quantitative estimate of drug-likeness (QED) is 0.513. The summed E-state index contributed by atoms with van der Waals surface area (Å²) >= 11 is 0. The Labute approximate surface area is 168 Å². The molecule has 0 fully saturated rings. The first kappa shape index (κ1) is 18.4.